The Balaban J connectivity index is 2.62. The van der Waals surface area contributed by atoms with Crippen molar-refractivity contribution in [2.24, 2.45) is 5.92 Å². The summed E-state index contributed by atoms with van der Waals surface area (Å²) < 4.78 is 5.05. The Morgan fingerprint density at radius 3 is 2.69 bits per heavy atom. The third-order valence-electron chi connectivity index (χ3n) is 2.29. The van der Waals surface area contributed by atoms with Crippen molar-refractivity contribution in [1.29, 1.82) is 0 Å². The van der Waals surface area contributed by atoms with Crippen molar-refractivity contribution in [3.8, 4) is 5.75 Å². The molecule has 88 valence electrons. The molecule has 1 aromatic rings. The molecule has 4 nitrogen and oxygen atoms in total. The molecular formula is C12H18N2O2. The first-order valence-electron chi connectivity index (χ1n) is 5.24. The van der Waals surface area contributed by atoms with E-state index >= 15 is 0 Å². The van der Waals surface area contributed by atoms with E-state index in [4.69, 9.17) is 10.5 Å². The second kappa shape index (κ2) is 5.39. The number of hydrogen-bond donors (Lipinski definition) is 2. The van der Waals surface area contributed by atoms with Crippen LogP contribution in [-0.4, -0.2) is 13.0 Å². The highest BCUT2D eigenvalue weighted by molar-refractivity contribution is 5.77. The third kappa shape index (κ3) is 3.15. The molecule has 0 saturated heterocycles. The Morgan fingerprint density at radius 2 is 2.19 bits per heavy atom. The highest BCUT2D eigenvalue weighted by Gasteiger charge is 2.06. The Bertz CT molecular complexity index is 375. The number of hydrogen-bond acceptors (Lipinski definition) is 3. The molecule has 0 aliphatic rings. The molecule has 0 aliphatic carbocycles. The molecule has 0 radical (unpaired) electrons. The van der Waals surface area contributed by atoms with Gasteiger partial charge in [0.25, 0.3) is 0 Å². The molecule has 0 heterocycles. The molecule has 0 spiro atoms. The van der Waals surface area contributed by atoms with Crippen molar-refractivity contribution in [3.05, 3.63) is 23.8 Å². The number of nitrogen functional groups attached to an aromatic ring is 1. The minimum absolute atomic E-state index is 0.00408. The number of amides is 1. The van der Waals surface area contributed by atoms with Crippen LogP contribution in [0.4, 0.5) is 5.69 Å². The maximum Gasteiger partial charge on any atom is 0.222 e. The summed E-state index contributed by atoms with van der Waals surface area (Å²) in [6, 6.07) is 5.49. The molecule has 16 heavy (non-hydrogen) atoms. The number of ether oxygens (including phenoxy) is 1. The van der Waals surface area contributed by atoms with Crippen LogP contribution in [0.3, 0.4) is 0 Å². The van der Waals surface area contributed by atoms with Crippen LogP contribution in [0.5, 0.6) is 5.75 Å². The predicted octanol–water partition coefficient (Wildman–Crippen LogP) is 1.55. The Kier molecular flexibility index (Phi) is 4.17. The lowest BCUT2D eigenvalue weighted by Crippen LogP contribution is -2.27. The van der Waals surface area contributed by atoms with Gasteiger partial charge in [0, 0.05) is 12.5 Å². The Morgan fingerprint density at radius 1 is 1.50 bits per heavy atom. The molecule has 1 rings (SSSR count). The average molecular weight is 222 g/mol. The van der Waals surface area contributed by atoms with E-state index in [0.29, 0.717) is 18.0 Å². The van der Waals surface area contributed by atoms with Crippen LogP contribution < -0.4 is 15.8 Å². The number of nitrogens with one attached hydrogen (secondary N) is 1. The van der Waals surface area contributed by atoms with Crippen LogP contribution in [-0.2, 0) is 11.3 Å². The lowest BCUT2D eigenvalue weighted by Gasteiger charge is -2.09. The minimum atomic E-state index is -0.00408. The molecule has 4 heteroatoms. The first-order valence-corrected chi connectivity index (χ1v) is 5.24. The molecule has 0 fully saturated rings. The van der Waals surface area contributed by atoms with Gasteiger partial charge in [-0.2, -0.15) is 0 Å². The van der Waals surface area contributed by atoms with E-state index < -0.39 is 0 Å². The fourth-order valence-corrected chi connectivity index (χ4v) is 1.29. The van der Waals surface area contributed by atoms with Crippen molar-refractivity contribution in [2.45, 2.75) is 20.4 Å². The molecule has 0 aromatic heterocycles. The van der Waals surface area contributed by atoms with Crippen molar-refractivity contribution < 1.29 is 9.53 Å². The summed E-state index contributed by atoms with van der Waals surface area (Å²) >= 11 is 0. The van der Waals surface area contributed by atoms with E-state index in [2.05, 4.69) is 5.32 Å². The third-order valence-corrected chi connectivity index (χ3v) is 2.29. The number of benzene rings is 1. The van der Waals surface area contributed by atoms with Crippen molar-refractivity contribution in [1.82, 2.24) is 5.32 Å². The molecule has 0 aliphatic heterocycles. The standard InChI is InChI=1S/C12H18N2O2/c1-8(2)12(15)14-7-9-4-5-11(16-3)10(13)6-9/h4-6,8H,7,13H2,1-3H3,(H,14,15). The second-order valence-corrected chi connectivity index (χ2v) is 3.95. The normalized spacial score (nSPS) is 10.2. The van der Waals surface area contributed by atoms with Gasteiger partial charge >= 0.3 is 0 Å². The fourth-order valence-electron chi connectivity index (χ4n) is 1.29. The smallest absolute Gasteiger partial charge is 0.222 e. The van der Waals surface area contributed by atoms with Gasteiger partial charge in [-0.25, -0.2) is 0 Å². The summed E-state index contributed by atoms with van der Waals surface area (Å²) in [5, 5.41) is 2.83. The van der Waals surface area contributed by atoms with E-state index in [9.17, 15) is 4.79 Å². The zero-order valence-corrected chi connectivity index (χ0v) is 9.91. The van der Waals surface area contributed by atoms with Gasteiger partial charge in [-0.3, -0.25) is 4.79 Å². The first-order chi connectivity index (χ1) is 7.54. The molecule has 1 aromatic carbocycles. The van der Waals surface area contributed by atoms with Crippen molar-refractivity contribution >= 4 is 11.6 Å². The number of anilines is 1. The second-order valence-electron chi connectivity index (χ2n) is 3.95. The molecule has 0 bridgehead atoms. The number of carbonyl (C=O) groups is 1. The van der Waals surface area contributed by atoms with Crippen LogP contribution in [0.15, 0.2) is 18.2 Å². The van der Waals surface area contributed by atoms with E-state index in [1.807, 2.05) is 19.9 Å². The molecule has 0 atom stereocenters. The summed E-state index contributed by atoms with van der Waals surface area (Å²) in [6.07, 6.45) is 0. The molecule has 1 amide bonds. The number of carbonyl (C=O) groups excluding carboxylic acids is 1. The van der Waals surface area contributed by atoms with E-state index in [1.54, 1.807) is 19.2 Å². The maximum absolute atomic E-state index is 11.4. The quantitative estimate of drug-likeness (QED) is 0.760. The topological polar surface area (TPSA) is 64.3 Å². The van der Waals surface area contributed by atoms with Crippen LogP contribution in [0.2, 0.25) is 0 Å². The van der Waals surface area contributed by atoms with Gasteiger partial charge in [0.2, 0.25) is 5.91 Å². The van der Waals surface area contributed by atoms with E-state index in [1.165, 1.54) is 0 Å². The molecule has 3 N–H and O–H groups in total. The van der Waals surface area contributed by atoms with E-state index in [-0.39, 0.29) is 11.8 Å². The zero-order valence-electron chi connectivity index (χ0n) is 9.91. The van der Waals surface area contributed by atoms with Crippen LogP contribution in [0.25, 0.3) is 0 Å². The maximum atomic E-state index is 11.4. The SMILES string of the molecule is COc1ccc(CNC(=O)C(C)C)cc1N. The first kappa shape index (κ1) is 12.4. The number of methoxy groups -OCH3 is 1. The van der Waals surface area contributed by atoms with Gasteiger partial charge in [0.15, 0.2) is 0 Å². The largest absolute Gasteiger partial charge is 0.495 e. The Labute approximate surface area is 95.8 Å². The van der Waals surface area contributed by atoms with Crippen LogP contribution in [0.1, 0.15) is 19.4 Å². The summed E-state index contributed by atoms with van der Waals surface area (Å²) in [6.45, 7) is 4.21. The van der Waals surface area contributed by atoms with Crippen LogP contribution in [0, 0.1) is 5.92 Å². The van der Waals surface area contributed by atoms with Crippen molar-refractivity contribution in [3.63, 3.8) is 0 Å². The molecular weight excluding hydrogens is 204 g/mol. The predicted molar refractivity (Wildman–Crippen MR) is 64.1 cm³/mol. The molecule has 0 unspecified atom stereocenters. The van der Waals surface area contributed by atoms with Crippen LogP contribution >= 0.6 is 0 Å². The zero-order chi connectivity index (χ0) is 12.1. The number of rotatable bonds is 4. The minimum Gasteiger partial charge on any atom is -0.495 e. The van der Waals surface area contributed by atoms with Gasteiger partial charge < -0.3 is 15.8 Å². The van der Waals surface area contributed by atoms with Crippen molar-refractivity contribution in [2.75, 3.05) is 12.8 Å². The average Bonchev–Trinajstić information content (AvgIpc) is 2.25. The van der Waals surface area contributed by atoms with E-state index in [0.717, 1.165) is 5.56 Å². The molecule has 0 saturated carbocycles. The number of nitrogens with two attached hydrogens (primary N) is 1. The van der Waals surface area contributed by atoms with Gasteiger partial charge in [-0.1, -0.05) is 19.9 Å². The fraction of sp³-hybridized carbons (Fsp3) is 0.417. The summed E-state index contributed by atoms with van der Waals surface area (Å²) in [4.78, 5) is 11.4. The highest BCUT2D eigenvalue weighted by atomic mass is 16.5. The Hall–Kier alpha value is -1.71. The summed E-state index contributed by atoms with van der Waals surface area (Å²) in [5.41, 5.74) is 7.31. The van der Waals surface area contributed by atoms with Gasteiger partial charge in [-0.15, -0.1) is 0 Å². The summed E-state index contributed by atoms with van der Waals surface area (Å²) in [5.74, 6) is 0.684. The lowest BCUT2D eigenvalue weighted by atomic mass is 10.1. The van der Waals surface area contributed by atoms with Gasteiger partial charge in [-0.05, 0) is 17.7 Å². The lowest BCUT2D eigenvalue weighted by molar-refractivity contribution is -0.124. The van der Waals surface area contributed by atoms with Gasteiger partial charge in [0.05, 0.1) is 12.8 Å². The highest BCUT2D eigenvalue weighted by Crippen LogP contribution is 2.21. The van der Waals surface area contributed by atoms with Gasteiger partial charge in [0.1, 0.15) is 5.75 Å². The summed E-state index contributed by atoms with van der Waals surface area (Å²) in [7, 11) is 1.58. The monoisotopic (exact) mass is 222 g/mol.